The van der Waals surface area contributed by atoms with Crippen LogP contribution in [0.15, 0.2) is 54.9 Å². The van der Waals surface area contributed by atoms with Crippen molar-refractivity contribution in [3.05, 3.63) is 66.0 Å². The van der Waals surface area contributed by atoms with Gasteiger partial charge in [0.2, 0.25) is 0 Å². The Hall–Kier alpha value is -3.29. The highest BCUT2D eigenvalue weighted by Crippen LogP contribution is 2.38. The van der Waals surface area contributed by atoms with Crippen LogP contribution in [0.5, 0.6) is 0 Å². The Bertz CT molecular complexity index is 1160. The minimum absolute atomic E-state index is 0.341. The van der Waals surface area contributed by atoms with Gasteiger partial charge in [0.1, 0.15) is 0 Å². The summed E-state index contributed by atoms with van der Waals surface area (Å²) in [5.41, 5.74) is 1.37. The number of hydrogen-bond donors (Lipinski definition) is 2. The van der Waals surface area contributed by atoms with Crippen molar-refractivity contribution in [1.82, 2.24) is 14.8 Å². The van der Waals surface area contributed by atoms with E-state index in [1.807, 2.05) is 10.7 Å². The quantitative estimate of drug-likeness (QED) is 0.493. The van der Waals surface area contributed by atoms with Crippen LogP contribution in [0.1, 0.15) is 34.8 Å². The Morgan fingerprint density at radius 2 is 1.96 bits per heavy atom. The molecule has 144 valence electrons. The monoisotopic (exact) mass is 387 g/mol. The topological polar surface area (TPSA) is 70.9 Å². The highest BCUT2D eigenvalue weighted by Gasteiger charge is 2.31. The summed E-state index contributed by atoms with van der Waals surface area (Å²) in [6.07, 6.45) is 1.09. The normalized spacial score (nSPS) is 14.1. The number of fused-ring (bicyclic) bond motifs is 2. The zero-order valence-corrected chi connectivity index (χ0v) is 14.6. The number of nitrogens with one attached hydrogen (secondary N) is 1. The number of carbonyl (C=O) groups is 1. The fraction of sp³-hybridized carbons (Fsp3) is 0.200. The second-order valence-electron chi connectivity index (χ2n) is 6.64. The van der Waals surface area contributed by atoms with Crippen LogP contribution in [0.25, 0.3) is 21.8 Å². The van der Waals surface area contributed by atoms with E-state index >= 15 is 0 Å². The summed E-state index contributed by atoms with van der Waals surface area (Å²) in [5.74, 6) is -0.889. The molecular weight excluding hydrogens is 371 g/mol. The Morgan fingerprint density at radius 3 is 2.64 bits per heavy atom. The van der Waals surface area contributed by atoms with Gasteiger partial charge >= 0.3 is 12.1 Å². The summed E-state index contributed by atoms with van der Waals surface area (Å²) >= 11 is 0. The van der Waals surface area contributed by atoms with Gasteiger partial charge < -0.3 is 10.1 Å². The molecule has 0 radical (unpaired) electrons. The highest BCUT2D eigenvalue weighted by molar-refractivity contribution is 6.02. The van der Waals surface area contributed by atoms with E-state index in [4.69, 9.17) is 5.11 Å². The molecule has 1 fully saturated rings. The maximum absolute atomic E-state index is 12.5. The molecule has 1 saturated carbocycles. The van der Waals surface area contributed by atoms with Gasteiger partial charge in [0.05, 0.1) is 28.9 Å². The van der Waals surface area contributed by atoms with Gasteiger partial charge in [0, 0.05) is 22.5 Å². The number of aromatic nitrogens is 3. The lowest BCUT2D eigenvalue weighted by Crippen LogP contribution is -2.04. The van der Waals surface area contributed by atoms with Crippen molar-refractivity contribution in [1.29, 1.82) is 0 Å². The summed E-state index contributed by atoms with van der Waals surface area (Å²) in [7, 11) is 0. The van der Waals surface area contributed by atoms with E-state index in [0.29, 0.717) is 17.0 Å². The lowest BCUT2D eigenvalue weighted by molar-refractivity contribution is -0.137. The van der Waals surface area contributed by atoms with Crippen LogP contribution in [0, 0.1) is 0 Å². The molecule has 2 N–H and O–H groups in total. The van der Waals surface area contributed by atoms with E-state index in [9.17, 15) is 18.0 Å². The van der Waals surface area contributed by atoms with E-state index in [0.717, 1.165) is 41.4 Å². The average Bonchev–Trinajstić information content (AvgIpc) is 3.22. The van der Waals surface area contributed by atoms with Gasteiger partial charge in [0.25, 0.3) is 0 Å². The van der Waals surface area contributed by atoms with E-state index in [-0.39, 0.29) is 0 Å². The summed E-state index contributed by atoms with van der Waals surface area (Å²) in [4.78, 5) is 13.7. The van der Waals surface area contributed by atoms with Crippen LogP contribution in [0.4, 0.5) is 13.2 Å². The SMILES string of the molecule is FC(F)(F)c1ccc2c(cnn2C2CC2)c1.O=C(O)c1cccc2[nH]ccc12. The van der Waals surface area contributed by atoms with Crippen molar-refractivity contribution < 1.29 is 23.1 Å². The molecule has 0 atom stereocenters. The molecule has 0 aliphatic heterocycles. The number of carboxylic acid groups (broad SMARTS) is 1. The molecule has 28 heavy (non-hydrogen) atoms. The number of rotatable bonds is 2. The fourth-order valence-corrected chi connectivity index (χ4v) is 3.11. The maximum atomic E-state index is 12.5. The van der Waals surface area contributed by atoms with E-state index in [1.165, 1.54) is 12.3 Å². The average molecular weight is 387 g/mol. The van der Waals surface area contributed by atoms with Gasteiger partial charge in [-0.05, 0) is 49.2 Å². The van der Waals surface area contributed by atoms with Gasteiger partial charge in [-0.2, -0.15) is 18.3 Å². The second-order valence-corrected chi connectivity index (χ2v) is 6.64. The van der Waals surface area contributed by atoms with Gasteiger partial charge in [-0.15, -0.1) is 0 Å². The third-order valence-corrected chi connectivity index (χ3v) is 4.64. The number of benzene rings is 2. The number of halogens is 3. The molecule has 1 aliphatic rings. The Morgan fingerprint density at radius 1 is 1.18 bits per heavy atom. The van der Waals surface area contributed by atoms with Crippen molar-refractivity contribution in [2.75, 3.05) is 0 Å². The number of hydrogen-bond acceptors (Lipinski definition) is 2. The summed E-state index contributed by atoms with van der Waals surface area (Å²) < 4.78 is 39.2. The third-order valence-electron chi connectivity index (χ3n) is 4.64. The third kappa shape index (κ3) is 3.45. The number of aromatic carboxylic acids is 1. The Balaban J connectivity index is 0.000000143. The molecule has 2 aromatic carbocycles. The first kappa shape index (κ1) is 18.1. The van der Waals surface area contributed by atoms with Gasteiger partial charge in [-0.3, -0.25) is 4.68 Å². The first-order valence-corrected chi connectivity index (χ1v) is 8.68. The molecule has 4 aromatic rings. The molecule has 0 amide bonds. The maximum Gasteiger partial charge on any atom is 0.416 e. The molecule has 2 aromatic heterocycles. The second kappa shape index (κ2) is 6.70. The lowest BCUT2D eigenvalue weighted by atomic mass is 10.1. The number of nitrogens with zero attached hydrogens (tertiary/aromatic N) is 2. The fourth-order valence-electron chi connectivity index (χ4n) is 3.11. The molecule has 0 saturated heterocycles. The zero-order chi connectivity index (χ0) is 19.9. The first-order valence-electron chi connectivity index (χ1n) is 8.68. The Labute approximate surface area is 157 Å². The van der Waals surface area contributed by atoms with E-state index in [2.05, 4.69) is 10.1 Å². The summed E-state index contributed by atoms with van der Waals surface area (Å²) in [6, 6.07) is 11.1. The number of aromatic amines is 1. The lowest BCUT2D eigenvalue weighted by Gasteiger charge is -2.06. The predicted octanol–water partition coefficient (Wildman–Crippen LogP) is 5.26. The standard InChI is InChI=1S/C11H9F3N2.C9H7NO2/c12-11(13,14)8-1-4-10-7(5-8)6-15-16(10)9-2-3-9;11-9(12)7-2-1-3-8-6(7)4-5-10-8/h1,4-6,9H,2-3H2;1-5,10H,(H,11,12). The Kier molecular flexibility index (Phi) is 4.33. The van der Waals surface area contributed by atoms with Crippen molar-refractivity contribution in [3.63, 3.8) is 0 Å². The number of H-pyrrole nitrogens is 1. The van der Waals surface area contributed by atoms with Crippen LogP contribution >= 0.6 is 0 Å². The summed E-state index contributed by atoms with van der Waals surface area (Å²) in [6.45, 7) is 0. The van der Waals surface area contributed by atoms with E-state index < -0.39 is 17.7 Å². The van der Waals surface area contributed by atoms with Crippen LogP contribution in [0.2, 0.25) is 0 Å². The summed E-state index contributed by atoms with van der Waals surface area (Å²) in [5, 5.41) is 14.2. The molecule has 1 aliphatic carbocycles. The van der Waals surface area contributed by atoms with Crippen molar-refractivity contribution in [2.24, 2.45) is 0 Å². The number of alkyl halides is 3. The van der Waals surface area contributed by atoms with Crippen LogP contribution in [-0.2, 0) is 6.18 Å². The van der Waals surface area contributed by atoms with Crippen molar-refractivity contribution >= 4 is 27.8 Å². The molecule has 0 bridgehead atoms. The van der Waals surface area contributed by atoms with Crippen molar-refractivity contribution in [3.8, 4) is 0 Å². The molecule has 2 heterocycles. The van der Waals surface area contributed by atoms with Crippen molar-refractivity contribution in [2.45, 2.75) is 25.1 Å². The smallest absolute Gasteiger partial charge is 0.416 e. The minimum Gasteiger partial charge on any atom is -0.478 e. The van der Waals surface area contributed by atoms with Gasteiger partial charge in [0.15, 0.2) is 0 Å². The van der Waals surface area contributed by atoms with Crippen LogP contribution < -0.4 is 0 Å². The molecule has 0 spiro atoms. The highest BCUT2D eigenvalue weighted by atomic mass is 19.4. The molecule has 5 nitrogen and oxygen atoms in total. The molecular formula is C20H16F3N3O2. The van der Waals surface area contributed by atoms with Gasteiger partial charge in [-0.25, -0.2) is 4.79 Å². The number of carboxylic acids is 1. The molecule has 0 unspecified atom stereocenters. The molecule has 8 heteroatoms. The minimum atomic E-state index is -4.28. The molecule has 5 rings (SSSR count). The van der Waals surface area contributed by atoms with Crippen LogP contribution in [-0.4, -0.2) is 25.8 Å². The zero-order valence-electron chi connectivity index (χ0n) is 14.6. The predicted molar refractivity (Wildman–Crippen MR) is 98.3 cm³/mol. The van der Waals surface area contributed by atoms with Gasteiger partial charge in [-0.1, -0.05) is 6.07 Å². The van der Waals surface area contributed by atoms with E-state index in [1.54, 1.807) is 24.4 Å². The largest absolute Gasteiger partial charge is 0.478 e. The first-order chi connectivity index (χ1) is 13.3. The van der Waals surface area contributed by atoms with Crippen LogP contribution in [0.3, 0.4) is 0 Å².